The Balaban J connectivity index is 1.36. The zero-order valence-corrected chi connectivity index (χ0v) is 30.9. The molecule has 2 unspecified atom stereocenters. The molecular formula is C39H40F6O5S2. The number of fused-ring (bicyclic) bond motifs is 9. The van der Waals surface area contributed by atoms with Crippen molar-refractivity contribution in [2.24, 2.45) is 0 Å². The number of allylic oxidation sites excluding steroid dienone is 4. The molecular weight excluding hydrogens is 727 g/mol. The second-order valence-corrected chi connectivity index (χ2v) is 16.6. The third-order valence-electron chi connectivity index (χ3n) is 10.5. The molecule has 5 aliphatic rings. The minimum absolute atomic E-state index is 0.155. The molecule has 2 aromatic rings. The van der Waals surface area contributed by atoms with E-state index in [9.17, 15) is 0 Å². The van der Waals surface area contributed by atoms with E-state index in [0.29, 0.717) is 73.8 Å². The summed E-state index contributed by atoms with van der Waals surface area (Å²) in [6, 6.07) is 14.7. The highest BCUT2D eigenvalue weighted by Crippen LogP contribution is 2.77. The van der Waals surface area contributed by atoms with E-state index < -0.39 is 38.4 Å². The van der Waals surface area contributed by atoms with E-state index in [-0.39, 0.29) is 35.5 Å². The maximum Gasteiger partial charge on any atom is 0.380 e. The molecule has 2 atom stereocenters. The highest BCUT2D eigenvalue weighted by molar-refractivity contribution is 8.14. The van der Waals surface area contributed by atoms with Crippen molar-refractivity contribution < 1.29 is 50.0 Å². The summed E-state index contributed by atoms with van der Waals surface area (Å²) in [5, 5.41) is 0. The van der Waals surface area contributed by atoms with Crippen LogP contribution in [0.1, 0.15) is 49.9 Å². The smallest absolute Gasteiger partial charge is 0.377 e. The second-order valence-electron chi connectivity index (χ2n) is 13.7. The van der Waals surface area contributed by atoms with Gasteiger partial charge in [0.15, 0.2) is 0 Å². The topological polar surface area (TPSA) is 46.2 Å². The molecule has 0 saturated heterocycles. The number of ether oxygens (including phenoxy) is 5. The zero-order valence-electron chi connectivity index (χ0n) is 29.3. The fraction of sp³-hybridized carbons (Fsp3) is 0.487. The van der Waals surface area contributed by atoms with Gasteiger partial charge >= 0.3 is 17.8 Å². The van der Waals surface area contributed by atoms with Gasteiger partial charge in [-0.2, -0.15) is 26.3 Å². The number of hydrogen-bond acceptors (Lipinski definition) is 7. The molecule has 1 saturated carbocycles. The third-order valence-corrected chi connectivity index (χ3v) is 14.1. The lowest BCUT2D eigenvalue weighted by Gasteiger charge is -2.48. The van der Waals surface area contributed by atoms with Crippen LogP contribution >= 0.6 is 23.5 Å². The summed E-state index contributed by atoms with van der Waals surface area (Å²) in [7, 11) is 0. The van der Waals surface area contributed by atoms with Crippen LogP contribution < -0.4 is 0 Å². The summed E-state index contributed by atoms with van der Waals surface area (Å²) in [4.78, 5) is 1.14. The van der Waals surface area contributed by atoms with E-state index in [1.807, 2.05) is 36.4 Å². The van der Waals surface area contributed by atoms with Gasteiger partial charge in [-0.1, -0.05) is 36.4 Å². The predicted octanol–water partition coefficient (Wildman–Crippen LogP) is 9.48. The molecule has 3 aliphatic heterocycles. The van der Waals surface area contributed by atoms with Gasteiger partial charge in [0.1, 0.15) is 0 Å². The Kier molecular flexibility index (Phi) is 10.1. The molecule has 0 amide bonds. The summed E-state index contributed by atoms with van der Waals surface area (Å²) in [5.41, 5.74) is 0.665. The van der Waals surface area contributed by atoms with Gasteiger partial charge in [-0.15, -0.1) is 23.5 Å². The minimum Gasteiger partial charge on any atom is -0.377 e. The van der Waals surface area contributed by atoms with Crippen LogP contribution in [0.5, 0.6) is 0 Å². The second kappa shape index (κ2) is 14.0. The molecule has 13 heteroatoms. The van der Waals surface area contributed by atoms with Crippen LogP contribution in [0.3, 0.4) is 0 Å². The zero-order chi connectivity index (χ0) is 37.1. The van der Waals surface area contributed by atoms with Crippen LogP contribution in [-0.4, -0.2) is 80.1 Å². The molecule has 0 aromatic heterocycles. The van der Waals surface area contributed by atoms with E-state index in [0.717, 1.165) is 11.1 Å². The van der Waals surface area contributed by atoms with Crippen molar-refractivity contribution in [2.75, 3.05) is 52.9 Å². The van der Waals surface area contributed by atoms with Gasteiger partial charge < -0.3 is 23.7 Å². The molecule has 2 aliphatic carbocycles. The quantitative estimate of drug-likeness (QED) is 0.248. The lowest BCUT2D eigenvalue weighted by Crippen LogP contribution is -2.49. The highest BCUT2D eigenvalue weighted by Gasteiger charge is 2.84. The van der Waals surface area contributed by atoms with Gasteiger partial charge in [0.2, 0.25) is 0 Å². The molecule has 5 nitrogen and oxygen atoms in total. The average molecular weight is 767 g/mol. The fourth-order valence-electron chi connectivity index (χ4n) is 7.83. The Hall–Kier alpha value is -2.52. The van der Waals surface area contributed by atoms with Crippen LogP contribution in [0.25, 0.3) is 9.81 Å². The molecule has 0 radical (unpaired) electrons. The Morgan fingerprint density at radius 3 is 1.21 bits per heavy atom. The molecule has 0 spiro atoms. The first-order chi connectivity index (χ1) is 24.7. The van der Waals surface area contributed by atoms with Crippen molar-refractivity contribution in [1.29, 1.82) is 0 Å². The lowest BCUT2D eigenvalue weighted by atomic mass is 9.68. The number of rotatable bonds is 0. The molecule has 1 fully saturated rings. The van der Waals surface area contributed by atoms with Crippen molar-refractivity contribution >= 4 is 33.3 Å². The van der Waals surface area contributed by atoms with E-state index in [1.54, 1.807) is 39.8 Å². The fourth-order valence-corrected chi connectivity index (χ4v) is 11.2. The van der Waals surface area contributed by atoms with Gasteiger partial charge in [0, 0.05) is 21.0 Å². The van der Waals surface area contributed by atoms with E-state index >= 15 is 26.3 Å². The largest absolute Gasteiger partial charge is 0.380 e. The normalized spacial score (nSPS) is 29.5. The Bertz CT molecular complexity index is 1760. The molecule has 3 heterocycles. The summed E-state index contributed by atoms with van der Waals surface area (Å²) in [6.45, 7) is 10.0. The van der Waals surface area contributed by atoms with Crippen molar-refractivity contribution in [2.45, 2.75) is 68.2 Å². The third kappa shape index (κ3) is 5.84. The summed E-state index contributed by atoms with van der Waals surface area (Å²) in [5.74, 6) is -15.9. The van der Waals surface area contributed by atoms with Crippen molar-refractivity contribution in [3.05, 3.63) is 104 Å². The van der Waals surface area contributed by atoms with Crippen molar-refractivity contribution in [1.82, 2.24) is 0 Å². The van der Waals surface area contributed by atoms with E-state index in [2.05, 4.69) is 0 Å². The van der Waals surface area contributed by atoms with Gasteiger partial charge in [-0.3, -0.25) is 0 Å². The predicted molar refractivity (Wildman–Crippen MR) is 191 cm³/mol. The number of benzene rings is 2. The van der Waals surface area contributed by atoms with Crippen LogP contribution in [0.2, 0.25) is 0 Å². The average Bonchev–Trinajstić information content (AvgIpc) is 3.58. The number of halogens is 6. The number of alkyl halides is 6. The van der Waals surface area contributed by atoms with Crippen LogP contribution in [0, 0.1) is 0 Å². The molecule has 2 aromatic carbocycles. The first-order valence-corrected chi connectivity index (χ1v) is 18.8. The van der Waals surface area contributed by atoms with Gasteiger partial charge in [-0.25, -0.2) is 0 Å². The first-order valence-electron chi connectivity index (χ1n) is 17.2. The summed E-state index contributed by atoms with van der Waals surface area (Å²) >= 11 is 2.53. The van der Waals surface area contributed by atoms with Gasteiger partial charge in [0.05, 0.1) is 75.6 Å². The molecule has 52 heavy (non-hydrogen) atoms. The van der Waals surface area contributed by atoms with Crippen LogP contribution in [-0.2, 0) is 36.9 Å². The molecule has 7 rings (SSSR count). The summed E-state index contributed by atoms with van der Waals surface area (Å²) < 4.78 is 121. The molecule has 0 N–H and O–H groups in total. The monoisotopic (exact) mass is 766 g/mol. The Morgan fingerprint density at radius 2 is 0.846 bits per heavy atom. The lowest BCUT2D eigenvalue weighted by molar-refractivity contribution is -0.258. The van der Waals surface area contributed by atoms with Crippen LogP contribution in [0.4, 0.5) is 26.3 Å². The van der Waals surface area contributed by atoms with Crippen LogP contribution in [0.15, 0.2) is 82.0 Å². The van der Waals surface area contributed by atoms with Gasteiger partial charge in [-0.05, 0) is 84.4 Å². The van der Waals surface area contributed by atoms with E-state index in [4.69, 9.17) is 23.7 Å². The van der Waals surface area contributed by atoms with E-state index in [1.165, 1.54) is 23.5 Å². The maximum absolute atomic E-state index is 16.1. The summed E-state index contributed by atoms with van der Waals surface area (Å²) in [6.07, 6.45) is 0. The molecule has 280 valence electrons. The minimum atomic E-state index is -5.63. The van der Waals surface area contributed by atoms with Gasteiger partial charge in [0.25, 0.3) is 0 Å². The SMILES string of the molecule is CC1=C2SC3(C)C1=C1C(=C4C(C)=C(SC43C)c3cccc(c3)COCCOCCOCCOCCOCc3cccc2c3)C(F)(F)C(F)(F)C1(F)F. The van der Waals surface area contributed by atoms with Crippen molar-refractivity contribution in [3.8, 4) is 0 Å². The number of hydrogen-bond donors (Lipinski definition) is 0. The Morgan fingerprint density at radius 1 is 0.500 bits per heavy atom. The first kappa shape index (κ1) is 37.8. The molecule has 8 bridgehead atoms. The van der Waals surface area contributed by atoms with Crippen molar-refractivity contribution in [3.63, 3.8) is 0 Å². The highest BCUT2D eigenvalue weighted by atomic mass is 32.2. The number of thioether (sulfide) groups is 2. The Labute approximate surface area is 307 Å². The standard InChI is InChI=1S/C39H40F6O5S2/c1-23-29-31-32(38(42,43)39(44,45)37(31,40)41)30-24(2)34-28-10-6-8-26(20-28)22-50-18-16-48-14-12-46-11-13-47-15-17-49-21-25-7-5-9-27(19-25)33(23)51-35(29,3)36(30,4)52-34/h5-10,19-20H,11-18,21-22H2,1-4H3. The maximum atomic E-state index is 16.1.